The lowest BCUT2D eigenvalue weighted by Gasteiger charge is -2.36. The molecular formula is C21H26N2O4S. The fraction of sp³-hybridized carbons (Fsp3) is 0.381. The Balaban J connectivity index is 1.93. The Morgan fingerprint density at radius 3 is 2.54 bits per heavy atom. The number of hydrogen-bond donors (Lipinski definition) is 0. The van der Waals surface area contributed by atoms with Crippen LogP contribution in [-0.2, 0) is 27.8 Å². The van der Waals surface area contributed by atoms with E-state index in [9.17, 15) is 13.2 Å². The molecule has 0 radical (unpaired) electrons. The first-order chi connectivity index (χ1) is 13.3. The van der Waals surface area contributed by atoms with Gasteiger partial charge in [0.25, 0.3) is 0 Å². The number of carbonyl (C=O) groups excluding carboxylic acids is 1. The van der Waals surface area contributed by atoms with Gasteiger partial charge in [0.15, 0.2) is 0 Å². The summed E-state index contributed by atoms with van der Waals surface area (Å²) in [4.78, 5) is 15.1. The fourth-order valence-corrected chi connectivity index (χ4v) is 4.88. The van der Waals surface area contributed by atoms with E-state index in [4.69, 9.17) is 4.74 Å². The summed E-state index contributed by atoms with van der Waals surface area (Å²) < 4.78 is 31.7. The van der Waals surface area contributed by atoms with Gasteiger partial charge in [0.1, 0.15) is 11.8 Å². The molecule has 7 heteroatoms. The third kappa shape index (κ3) is 4.14. The SMILES string of the molecule is CC[C@H](C(=O)N1CCc2ccccc2C1)N(c1cccc(OC)c1)S(C)(=O)=O. The van der Waals surface area contributed by atoms with Crippen molar-refractivity contribution in [2.24, 2.45) is 0 Å². The maximum Gasteiger partial charge on any atom is 0.246 e. The minimum Gasteiger partial charge on any atom is -0.497 e. The number of amides is 1. The molecule has 0 unspecified atom stereocenters. The zero-order valence-corrected chi connectivity index (χ0v) is 17.3. The van der Waals surface area contributed by atoms with Crippen LogP contribution in [-0.4, -0.2) is 45.2 Å². The van der Waals surface area contributed by atoms with Gasteiger partial charge in [-0.15, -0.1) is 0 Å². The lowest BCUT2D eigenvalue weighted by molar-refractivity contribution is -0.133. The average molecular weight is 403 g/mol. The molecule has 0 fully saturated rings. The van der Waals surface area contributed by atoms with Gasteiger partial charge in [-0.2, -0.15) is 0 Å². The predicted octanol–water partition coefficient (Wildman–Crippen LogP) is 2.82. The smallest absolute Gasteiger partial charge is 0.246 e. The Bertz CT molecular complexity index is 958. The number of nitrogens with zero attached hydrogens (tertiary/aromatic N) is 2. The monoisotopic (exact) mass is 402 g/mol. The molecule has 0 saturated heterocycles. The number of carbonyl (C=O) groups is 1. The fourth-order valence-electron chi connectivity index (χ4n) is 3.69. The molecular weight excluding hydrogens is 376 g/mol. The van der Waals surface area contributed by atoms with Gasteiger partial charge in [-0.25, -0.2) is 8.42 Å². The summed E-state index contributed by atoms with van der Waals surface area (Å²) in [7, 11) is -2.14. The van der Waals surface area contributed by atoms with E-state index in [-0.39, 0.29) is 5.91 Å². The average Bonchev–Trinajstić information content (AvgIpc) is 2.70. The molecule has 1 aliphatic rings. The van der Waals surface area contributed by atoms with Crippen LogP contribution in [0.25, 0.3) is 0 Å². The van der Waals surface area contributed by atoms with Crippen molar-refractivity contribution in [3.05, 3.63) is 59.7 Å². The number of sulfonamides is 1. The second-order valence-electron chi connectivity index (χ2n) is 6.96. The summed E-state index contributed by atoms with van der Waals surface area (Å²) in [6, 6.07) is 14.1. The van der Waals surface area contributed by atoms with Crippen molar-refractivity contribution >= 4 is 21.6 Å². The van der Waals surface area contributed by atoms with E-state index >= 15 is 0 Å². The largest absolute Gasteiger partial charge is 0.497 e. The molecule has 3 rings (SSSR count). The number of anilines is 1. The van der Waals surface area contributed by atoms with E-state index in [2.05, 4.69) is 6.07 Å². The van der Waals surface area contributed by atoms with Crippen molar-refractivity contribution in [2.45, 2.75) is 32.4 Å². The van der Waals surface area contributed by atoms with Gasteiger partial charge in [-0.1, -0.05) is 37.3 Å². The van der Waals surface area contributed by atoms with Gasteiger partial charge in [-0.3, -0.25) is 9.10 Å². The van der Waals surface area contributed by atoms with Crippen LogP contribution in [0.3, 0.4) is 0 Å². The van der Waals surface area contributed by atoms with Crippen LogP contribution < -0.4 is 9.04 Å². The number of ether oxygens (including phenoxy) is 1. The molecule has 0 N–H and O–H groups in total. The highest BCUT2D eigenvalue weighted by Gasteiger charge is 2.35. The maximum absolute atomic E-state index is 13.3. The molecule has 0 aliphatic carbocycles. The normalized spacial score (nSPS) is 14.9. The van der Waals surface area contributed by atoms with E-state index in [1.807, 2.05) is 25.1 Å². The van der Waals surface area contributed by atoms with Crippen LogP contribution in [0.2, 0.25) is 0 Å². The third-order valence-electron chi connectivity index (χ3n) is 5.06. The number of methoxy groups -OCH3 is 1. The van der Waals surface area contributed by atoms with E-state index in [0.717, 1.165) is 18.2 Å². The first-order valence-corrected chi connectivity index (χ1v) is 11.2. The summed E-state index contributed by atoms with van der Waals surface area (Å²) in [6.07, 6.45) is 2.28. The van der Waals surface area contributed by atoms with E-state index in [1.165, 1.54) is 17.0 Å². The molecule has 1 aliphatic heterocycles. The summed E-state index contributed by atoms with van der Waals surface area (Å²) >= 11 is 0. The standard InChI is InChI=1S/C21H26N2O4S/c1-4-20(21(24)22-13-12-16-8-5-6-9-17(16)15-22)23(28(3,25)26)18-10-7-11-19(14-18)27-2/h5-11,14,20H,4,12-13,15H2,1-3H3/t20-/m1/s1. The first kappa shape index (κ1) is 20.2. The number of fused-ring (bicyclic) bond motifs is 1. The Morgan fingerprint density at radius 2 is 1.89 bits per heavy atom. The van der Waals surface area contributed by atoms with Crippen molar-refractivity contribution in [3.8, 4) is 5.75 Å². The Kier molecular flexibility index (Phi) is 5.93. The molecule has 2 aromatic carbocycles. The molecule has 6 nitrogen and oxygen atoms in total. The van der Waals surface area contributed by atoms with Gasteiger partial charge in [0.2, 0.25) is 15.9 Å². The van der Waals surface area contributed by atoms with Gasteiger partial charge in [0, 0.05) is 19.2 Å². The molecule has 1 amide bonds. The highest BCUT2D eigenvalue weighted by molar-refractivity contribution is 7.92. The van der Waals surface area contributed by atoms with Crippen LogP contribution in [0.1, 0.15) is 24.5 Å². The second kappa shape index (κ2) is 8.22. The molecule has 2 aromatic rings. The molecule has 0 bridgehead atoms. The molecule has 1 atom stereocenters. The molecule has 1 heterocycles. The first-order valence-electron chi connectivity index (χ1n) is 9.34. The number of rotatable bonds is 6. The van der Waals surface area contributed by atoms with E-state index in [1.54, 1.807) is 29.2 Å². The Morgan fingerprint density at radius 1 is 1.18 bits per heavy atom. The van der Waals surface area contributed by atoms with Crippen molar-refractivity contribution in [1.29, 1.82) is 0 Å². The number of hydrogen-bond acceptors (Lipinski definition) is 4. The number of benzene rings is 2. The van der Waals surface area contributed by atoms with Crippen molar-refractivity contribution in [2.75, 3.05) is 24.2 Å². The van der Waals surface area contributed by atoms with Crippen molar-refractivity contribution in [3.63, 3.8) is 0 Å². The van der Waals surface area contributed by atoms with Crippen molar-refractivity contribution in [1.82, 2.24) is 4.90 Å². The van der Waals surface area contributed by atoms with Crippen molar-refractivity contribution < 1.29 is 17.9 Å². The van der Waals surface area contributed by atoms with Crippen LogP contribution in [0.4, 0.5) is 5.69 Å². The van der Waals surface area contributed by atoms with Crippen LogP contribution in [0.5, 0.6) is 5.75 Å². The molecule has 150 valence electrons. The van der Waals surface area contributed by atoms with Gasteiger partial charge in [0.05, 0.1) is 19.1 Å². The van der Waals surface area contributed by atoms with Gasteiger partial charge < -0.3 is 9.64 Å². The van der Waals surface area contributed by atoms with E-state index in [0.29, 0.717) is 30.9 Å². The minimum atomic E-state index is -3.67. The summed E-state index contributed by atoms with van der Waals surface area (Å²) in [5.74, 6) is 0.366. The summed E-state index contributed by atoms with van der Waals surface area (Å²) in [6.45, 7) is 2.92. The predicted molar refractivity (Wildman–Crippen MR) is 110 cm³/mol. The lowest BCUT2D eigenvalue weighted by Crippen LogP contribution is -2.51. The topological polar surface area (TPSA) is 66.9 Å². The molecule has 0 spiro atoms. The molecule has 0 aromatic heterocycles. The maximum atomic E-state index is 13.3. The van der Waals surface area contributed by atoms with Gasteiger partial charge >= 0.3 is 0 Å². The van der Waals surface area contributed by atoms with Gasteiger partial charge in [-0.05, 0) is 36.1 Å². The van der Waals surface area contributed by atoms with Crippen LogP contribution in [0, 0.1) is 0 Å². The Labute approximate surface area is 166 Å². The highest BCUT2D eigenvalue weighted by atomic mass is 32.2. The highest BCUT2D eigenvalue weighted by Crippen LogP contribution is 2.28. The Hall–Kier alpha value is -2.54. The van der Waals surface area contributed by atoms with Crippen LogP contribution >= 0.6 is 0 Å². The summed E-state index contributed by atoms with van der Waals surface area (Å²) in [5, 5.41) is 0. The van der Waals surface area contributed by atoms with Crippen LogP contribution in [0.15, 0.2) is 48.5 Å². The lowest BCUT2D eigenvalue weighted by atomic mass is 9.99. The molecule has 28 heavy (non-hydrogen) atoms. The third-order valence-corrected chi connectivity index (χ3v) is 6.24. The summed E-state index contributed by atoms with van der Waals surface area (Å²) in [5.41, 5.74) is 2.79. The molecule has 0 saturated carbocycles. The van der Waals surface area contributed by atoms with E-state index < -0.39 is 16.1 Å². The second-order valence-corrected chi connectivity index (χ2v) is 8.82. The zero-order valence-electron chi connectivity index (χ0n) is 16.5. The minimum absolute atomic E-state index is 0.176. The quantitative estimate of drug-likeness (QED) is 0.745. The zero-order chi connectivity index (χ0) is 20.3.